The van der Waals surface area contributed by atoms with Crippen LogP contribution in [-0.2, 0) is 6.54 Å². The molecule has 1 unspecified atom stereocenters. The predicted molar refractivity (Wildman–Crippen MR) is 118 cm³/mol. The monoisotopic (exact) mass is 429 g/mol. The molecule has 0 spiro atoms. The summed E-state index contributed by atoms with van der Waals surface area (Å²) in [6.45, 7) is 2.67. The van der Waals surface area contributed by atoms with Crippen LogP contribution >= 0.6 is 0 Å². The number of benzene rings is 3. The highest BCUT2D eigenvalue weighted by atomic mass is 19.1. The molecule has 0 fully saturated rings. The molecule has 3 aromatic carbocycles. The smallest absolute Gasteiger partial charge is 0.291 e. The van der Waals surface area contributed by atoms with Gasteiger partial charge in [0, 0.05) is 6.54 Å². The van der Waals surface area contributed by atoms with Crippen LogP contribution in [-0.4, -0.2) is 17.4 Å². The third-order valence-corrected chi connectivity index (χ3v) is 5.61. The molecule has 32 heavy (non-hydrogen) atoms. The summed E-state index contributed by atoms with van der Waals surface area (Å²) in [5.74, 6) is -0.275. The van der Waals surface area contributed by atoms with Gasteiger partial charge in [-0.2, -0.15) is 0 Å². The zero-order chi connectivity index (χ0) is 22.2. The van der Waals surface area contributed by atoms with Gasteiger partial charge in [0.05, 0.1) is 23.6 Å². The van der Waals surface area contributed by atoms with Crippen LogP contribution in [0, 0.1) is 5.82 Å². The van der Waals surface area contributed by atoms with Gasteiger partial charge < -0.3 is 14.1 Å². The molecule has 6 heteroatoms. The van der Waals surface area contributed by atoms with E-state index in [0.29, 0.717) is 12.4 Å². The van der Waals surface area contributed by atoms with Crippen LogP contribution < -0.4 is 10.2 Å². The zero-order valence-corrected chi connectivity index (χ0v) is 17.4. The Labute approximate surface area is 183 Å². The molecule has 160 valence electrons. The summed E-state index contributed by atoms with van der Waals surface area (Å²) in [5, 5.41) is 0.115. The second-order valence-electron chi connectivity index (χ2n) is 7.64. The average molecular weight is 429 g/mol. The summed E-state index contributed by atoms with van der Waals surface area (Å²) >= 11 is 0. The number of halogens is 1. The third-order valence-electron chi connectivity index (χ3n) is 5.61. The standard InChI is InChI=1S/C26H20FNO4/c1-2-31-19-10-6-9-17(13-19)23-22-24(29)20-14-18(27)11-12-21(20)32-25(22)26(30)28(23)15-16-7-4-3-5-8-16/h3-14,23H,2,15H2,1H3. The van der Waals surface area contributed by atoms with E-state index in [0.717, 1.165) is 17.2 Å². The van der Waals surface area contributed by atoms with Crippen molar-refractivity contribution >= 4 is 16.9 Å². The number of nitrogens with zero attached hydrogens (tertiary/aromatic N) is 1. The van der Waals surface area contributed by atoms with Crippen molar-refractivity contribution in [3.05, 3.63) is 111 Å². The van der Waals surface area contributed by atoms with E-state index >= 15 is 0 Å². The van der Waals surface area contributed by atoms with E-state index < -0.39 is 17.3 Å². The van der Waals surface area contributed by atoms with Crippen molar-refractivity contribution in [3.63, 3.8) is 0 Å². The van der Waals surface area contributed by atoms with Crippen molar-refractivity contribution in [1.82, 2.24) is 4.90 Å². The molecular weight excluding hydrogens is 409 g/mol. The largest absolute Gasteiger partial charge is 0.494 e. The van der Waals surface area contributed by atoms with E-state index in [2.05, 4.69) is 0 Å². The Morgan fingerprint density at radius 1 is 1.00 bits per heavy atom. The molecule has 0 aliphatic carbocycles. The fourth-order valence-corrected chi connectivity index (χ4v) is 4.22. The minimum atomic E-state index is -0.679. The van der Waals surface area contributed by atoms with Crippen molar-refractivity contribution in [2.24, 2.45) is 0 Å². The molecule has 1 aliphatic rings. The molecule has 1 aliphatic heterocycles. The van der Waals surface area contributed by atoms with Crippen LogP contribution in [0.15, 0.2) is 82.0 Å². The summed E-state index contributed by atoms with van der Waals surface area (Å²) in [5.41, 5.74) is 1.64. The van der Waals surface area contributed by atoms with Crippen LogP contribution in [0.1, 0.15) is 40.2 Å². The number of ether oxygens (including phenoxy) is 1. The van der Waals surface area contributed by atoms with E-state index in [1.54, 1.807) is 4.90 Å². The lowest BCUT2D eigenvalue weighted by Gasteiger charge is -2.25. The number of hydrogen-bond donors (Lipinski definition) is 0. The second kappa shape index (κ2) is 7.96. The lowest BCUT2D eigenvalue weighted by Crippen LogP contribution is -2.29. The molecule has 1 atom stereocenters. The third kappa shape index (κ3) is 3.34. The lowest BCUT2D eigenvalue weighted by molar-refractivity contribution is 0.0714. The fourth-order valence-electron chi connectivity index (χ4n) is 4.22. The van der Waals surface area contributed by atoms with Gasteiger partial charge in [0.15, 0.2) is 5.43 Å². The van der Waals surface area contributed by atoms with Crippen LogP contribution in [0.4, 0.5) is 4.39 Å². The summed E-state index contributed by atoms with van der Waals surface area (Å²) in [6.07, 6.45) is 0. The summed E-state index contributed by atoms with van der Waals surface area (Å²) in [7, 11) is 0. The quantitative estimate of drug-likeness (QED) is 0.444. The maximum Gasteiger partial charge on any atom is 0.291 e. The van der Waals surface area contributed by atoms with Gasteiger partial charge in [-0.15, -0.1) is 0 Å². The second-order valence-corrected chi connectivity index (χ2v) is 7.64. The minimum absolute atomic E-state index is 0.00291. The SMILES string of the molecule is CCOc1cccc(C2c3c(oc4ccc(F)cc4c3=O)C(=O)N2Cc2ccccc2)c1. The number of amides is 1. The van der Waals surface area contributed by atoms with Crippen LogP contribution in [0.25, 0.3) is 11.0 Å². The first-order valence-corrected chi connectivity index (χ1v) is 10.4. The Kier molecular flexibility index (Phi) is 4.98. The van der Waals surface area contributed by atoms with E-state index in [9.17, 15) is 14.0 Å². The van der Waals surface area contributed by atoms with E-state index in [1.807, 2.05) is 61.5 Å². The number of carbonyl (C=O) groups excluding carboxylic acids is 1. The molecule has 1 amide bonds. The average Bonchev–Trinajstić information content (AvgIpc) is 3.07. The van der Waals surface area contributed by atoms with Gasteiger partial charge in [-0.05, 0) is 48.4 Å². The zero-order valence-electron chi connectivity index (χ0n) is 17.4. The van der Waals surface area contributed by atoms with Gasteiger partial charge in [0.25, 0.3) is 5.91 Å². The molecule has 4 aromatic rings. The normalized spacial score (nSPS) is 15.2. The summed E-state index contributed by atoms with van der Waals surface area (Å²) < 4.78 is 25.4. The maximum atomic E-state index is 13.9. The van der Waals surface area contributed by atoms with Gasteiger partial charge in [-0.3, -0.25) is 9.59 Å². The molecular formula is C26H20FNO4. The van der Waals surface area contributed by atoms with Crippen molar-refractivity contribution in [2.75, 3.05) is 6.61 Å². The molecule has 0 saturated carbocycles. The molecule has 5 nitrogen and oxygen atoms in total. The lowest BCUT2D eigenvalue weighted by atomic mass is 9.98. The van der Waals surface area contributed by atoms with E-state index in [-0.39, 0.29) is 34.7 Å². The Bertz CT molecular complexity index is 1380. The molecule has 0 bridgehead atoms. The van der Waals surface area contributed by atoms with Gasteiger partial charge in [0.1, 0.15) is 17.1 Å². The van der Waals surface area contributed by atoms with Crippen LogP contribution in [0.2, 0.25) is 0 Å². The van der Waals surface area contributed by atoms with Crippen molar-refractivity contribution in [2.45, 2.75) is 19.5 Å². The van der Waals surface area contributed by atoms with Crippen molar-refractivity contribution in [3.8, 4) is 5.75 Å². The van der Waals surface area contributed by atoms with Gasteiger partial charge in [-0.25, -0.2) is 4.39 Å². The predicted octanol–water partition coefficient (Wildman–Crippen LogP) is 5.08. The number of rotatable bonds is 5. The van der Waals surface area contributed by atoms with E-state index in [4.69, 9.17) is 9.15 Å². The number of hydrogen-bond acceptors (Lipinski definition) is 4. The van der Waals surface area contributed by atoms with Crippen molar-refractivity contribution < 1.29 is 18.3 Å². The molecule has 1 aromatic heterocycles. The number of carbonyl (C=O) groups is 1. The summed E-state index contributed by atoms with van der Waals surface area (Å²) in [6, 6.07) is 19.9. The topological polar surface area (TPSA) is 59.8 Å². The molecule has 0 saturated heterocycles. The molecule has 0 N–H and O–H groups in total. The van der Waals surface area contributed by atoms with E-state index in [1.165, 1.54) is 12.1 Å². The molecule has 2 heterocycles. The Morgan fingerprint density at radius 2 is 1.81 bits per heavy atom. The van der Waals surface area contributed by atoms with Gasteiger partial charge in [-0.1, -0.05) is 42.5 Å². The van der Waals surface area contributed by atoms with Crippen LogP contribution in [0.5, 0.6) is 5.75 Å². The first kappa shape index (κ1) is 20.0. The highest BCUT2D eigenvalue weighted by Crippen LogP contribution is 2.40. The highest BCUT2D eigenvalue weighted by molar-refractivity contribution is 5.99. The number of fused-ring (bicyclic) bond motifs is 2. The van der Waals surface area contributed by atoms with Gasteiger partial charge in [0.2, 0.25) is 5.76 Å². The Hall–Kier alpha value is -3.93. The molecule has 0 radical (unpaired) electrons. The van der Waals surface area contributed by atoms with Crippen molar-refractivity contribution in [1.29, 1.82) is 0 Å². The highest BCUT2D eigenvalue weighted by Gasteiger charge is 2.42. The maximum absolute atomic E-state index is 13.9. The van der Waals surface area contributed by atoms with Gasteiger partial charge >= 0.3 is 0 Å². The minimum Gasteiger partial charge on any atom is -0.494 e. The first-order valence-electron chi connectivity index (χ1n) is 10.4. The van der Waals surface area contributed by atoms with Crippen LogP contribution in [0.3, 0.4) is 0 Å². The Morgan fingerprint density at radius 3 is 2.59 bits per heavy atom. The molecule has 5 rings (SSSR count). The summed E-state index contributed by atoms with van der Waals surface area (Å²) in [4.78, 5) is 28.5. The first-order chi connectivity index (χ1) is 15.6. The fraction of sp³-hybridized carbons (Fsp3) is 0.154. The Balaban J connectivity index is 1.72.